The molecular formula is C18H21N3O4S2. The highest BCUT2D eigenvalue weighted by Crippen LogP contribution is 2.33. The third kappa shape index (κ3) is 4.35. The minimum atomic E-state index is -3.02. The van der Waals surface area contributed by atoms with Crippen molar-refractivity contribution in [3.05, 3.63) is 29.8 Å². The van der Waals surface area contributed by atoms with Crippen LogP contribution in [0.25, 0.3) is 11.5 Å². The summed E-state index contributed by atoms with van der Waals surface area (Å²) < 4.78 is 29.2. The third-order valence-corrected chi connectivity index (χ3v) is 7.41. The minimum Gasteiger partial charge on any atom is -0.411 e. The molecule has 0 bridgehead atoms. The molecule has 7 nitrogen and oxygen atoms in total. The fraction of sp³-hybridized carbons (Fsp3) is 0.500. The first-order valence-electron chi connectivity index (χ1n) is 8.96. The Balaban J connectivity index is 1.39. The first-order chi connectivity index (χ1) is 12.9. The van der Waals surface area contributed by atoms with E-state index in [9.17, 15) is 13.2 Å². The third-order valence-electron chi connectivity index (χ3n) is 4.85. The van der Waals surface area contributed by atoms with Crippen molar-refractivity contribution >= 4 is 27.5 Å². The van der Waals surface area contributed by atoms with Gasteiger partial charge >= 0.3 is 0 Å². The van der Waals surface area contributed by atoms with Crippen LogP contribution in [0, 0.1) is 6.92 Å². The summed E-state index contributed by atoms with van der Waals surface area (Å²) in [7, 11) is -3.02. The van der Waals surface area contributed by atoms with Crippen molar-refractivity contribution in [3.8, 4) is 11.5 Å². The summed E-state index contributed by atoms with van der Waals surface area (Å²) in [6.07, 6.45) is 2.43. The molecule has 2 heterocycles. The molecule has 2 aliphatic rings. The summed E-state index contributed by atoms with van der Waals surface area (Å²) in [5, 5.41) is 8.39. The Bertz CT molecular complexity index is 936. The van der Waals surface area contributed by atoms with Gasteiger partial charge in [0, 0.05) is 17.6 Å². The molecule has 2 fully saturated rings. The standard InChI is InChI=1S/C18H21N3O4S2/c1-12-2-4-13(5-3-12)17-19-20-18(25-17)26-10-16(22)21(14-6-7-14)15-8-9-27(23,24)11-15/h2-5,14-15H,6-11H2,1H3/t15-/m0/s1. The fourth-order valence-electron chi connectivity index (χ4n) is 3.33. The molecule has 1 aromatic heterocycles. The lowest BCUT2D eigenvalue weighted by atomic mass is 10.1. The van der Waals surface area contributed by atoms with Gasteiger partial charge in [0.2, 0.25) is 11.8 Å². The van der Waals surface area contributed by atoms with E-state index in [1.807, 2.05) is 31.2 Å². The number of aromatic nitrogens is 2. The molecule has 1 atom stereocenters. The van der Waals surface area contributed by atoms with Crippen LogP contribution in [0.4, 0.5) is 0 Å². The van der Waals surface area contributed by atoms with Crippen molar-refractivity contribution in [2.24, 2.45) is 0 Å². The van der Waals surface area contributed by atoms with Crippen molar-refractivity contribution < 1.29 is 17.6 Å². The number of rotatable bonds is 6. The quantitative estimate of drug-likeness (QED) is 0.678. The van der Waals surface area contributed by atoms with Gasteiger partial charge in [-0.15, -0.1) is 10.2 Å². The van der Waals surface area contributed by atoms with E-state index in [0.717, 1.165) is 24.0 Å². The van der Waals surface area contributed by atoms with Gasteiger partial charge < -0.3 is 9.32 Å². The first kappa shape index (κ1) is 18.5. The van der Waals surface area contributed by atoms with Crippen LogP contribution in [-0.2, 0) is 14.6 Å². The van der Waals surface area contributed by atoms with Gasteiger partial charge in [-0.1, -0.05) is 29.5 Å². The molecule has 1 aliphatic heterocycles. The van der Waals surface area contributed by atoms with Crippen LogP contribution in [0.2, 0.25) is 0 Å². The zero-order valence-corrected chi connectivity index (χ0v) is 16.6. The molecule has 1 saturated heterocycles. The predicted octanol–water partition coefficient (Wildman–Crippen LogP) is 2.32. The molecule has 1 aromatic carbocycles. The normalized spacial score (nSPS) is 21.3. The number of nitrogens with zero attached hydrogens (tertiary/aromatic N) is 3. The topological polar surface area (TPSA) is 93.4 Å². The molecule has 0 radical (unpaired) electrons. The van der Waals surface area contributed by atoms with Gasteiger partial charge in [-0.2, -0.15) is 0 Å². The maximum atomic E-state index is 12.7. The number of sulfone groups is 1. The Labute approximate surface area is 162 Å². The Morgan fingerprint density at radius 2 is 1.93 bits per heavy atom. The summed E-state index contributed by atoms with van der Waals surface area (Å²) >= 11 is 1.20. The van der Waals surface area contributed by atoms with Gasteiger partial charge in [-0.25, -0.2) is 8.42 Å². The maximum Gasteiger partial charge on any atom is 0.277 e. The fourth-order valence-corrected chi connectivity index (χ4v) is 5.68. The number of carbonyl (C=O) groups excluding carboxylic acids is 1. The second-order valence-electron chi connectivity index (χ2n) is 7.12. The van der Waals surface area contributed by atoms with Gasteiger partial charge in [0.1, 0.15) is 0 Å². The average Bonchev–Trinajstić information content (AvgIpc) is 3.22. The molecule has 27 heavy (non-hydrogen) atoms. The highest BCUT2D eigenvalue weighted by atomic mass is 32.2. The largest absolute Gasteiger partial charge is 0.411 e. The molecule has 1 saturated carbocycles. The predicted molar refractivity (Wildman–Crippen MR) is 102 cm³/mol. The minimum absolute atomic E-state index is 0.0558. The summed E-state index contributed by atoms with van der Waals surface area (Å²) in [5.41, 5.74) is 1.98. The Hall–Kier alpha value is -1.87. The zero-order valence-electron chi connectivity index (χ0n) is 15.0. The van der Waals surface area contributed by atoms with E-state index in [1.165, 1.54) is 11.8 Å². The van der Waals surface area contributed by atoms with Gasteiger partial charge in [0.25, 0.3) is 5.22 Å². The molecule has 1 aliphatic carbocycles. The van der Waals surface area contributed by atoms with E-state index in [1.54, 1.807) is 4.90 Å². The Morgan fingerprint density at radius 3 is 2.56 bits per heavy atom. The Morgan fingerprint density at radius 1 is 1.19 bits per heavy atom. The van der Waals surface area contributed by atoms with Crippen LogP contribution < -0.4 is 0 Å². The van der Waals surface area contributed by atoms with Crippen molar-refractivity contribution in [2.45, 2.75) is 43.5 Å². The molecule has 9 heteroatoms. The highest BCUT2D eigenvalue weighted by molar-refractivity contribution is 7.99. The molecule has 4 rings (SSSR count). The monoisotopic (exact) mass is 407 g/mol. The van der Waals surface area contributed by atoms with E-state index in [4.69, 9.17) is 4.42 Å². The lowest BCUT2D eigenvalue weighted by Gasteiger charge is -2.28. The number of amides is 1. The van der Waals surface area contributed by atoms with Gasteiger partial charge in [0.15, 0.2) is 9.84 Å². The summed E-state index contributed by atoms with van der Waals surface area (Å²) in [5.74, 6) is 0.788. The lowest BCUT2D eigenvalue weighted by Crippen LogP contribution is -2.43. The van der Waals surface area contributed by atoms with Gasteiger partial charge in [-0.3, -0.25) is 4.79 Å². The van der Waals surface area contributed by atoms with Crippen LogP contribution in [0.1, 0.15) is 24.8 Å². The number of aryl methyl sites for hydroxylation is 1. The van der Waals surface area contributed by atoms with Gasteiger partial charge in [0.05, 0.1) is 17.3 Å². The van der Waals surface area contributed by atoms with Crippen molar-refractivity contribution in [2.75, 3.05) is 17.3 Å². The van der Waals surface area contributed by atoms with E-state index in [2.05, 4.69) is 10.2 Å². The summed E-state index contributed by atoms with van der Waals surface area (Å²) in [6, 6.07) is 7.76. The summed E-state index contributed by atoms with van der Waals surface area (Å²) in [6.45, 7) is 2.01. The van der Waals surface area contributed by atoms with Crippen molar-refractivity contribution in [1.29, 1.82) is 0 Å². The zero-order chi connectivity index (χ0) is 19.0. The van der Waals surface area contributed by atoms with E-state index in [0.29, 0.717) is 17.5 Å². The van der Waals surface area contributed by atoms with E-state index >= 15 is 0 Å². The Kier molecular flexibility index (Phi) is 4.98. The number of carbonyl (C=O) groups is 1. The molecule has 144 valence electrons. The molecular weight excluding hydrogens is 386 g/mol. The second-order valence-corrected chi connectivity index (χ2v) is 10.3. The molecule has 0 spiro atoms. The number of benzene rings is 1. The number of thioether (sulfide) groups is 1. The van der Waals surface area contributed by atoms with Crippen LogP contribution in [0.3, 0.4) is 0 Å². The van der Waals surface area contributed by atoms with Gasteiger partial charge in [-0.05, 0) is 38.3 Å². The van der Waals surface area contributed by atoms with E-state index < -0.39 is 9.84 Å². The van der Waals surface area contributed by atoms with E-state index in [-0.39, 0.29) is 35.2 Å². The SMILES string of the molecule is Cc1ccc(-c2nnc(SCC(=O)N(C3CC3)[C@H]3CCS(=O)(=O)C3)o2)cc1. The number of hydrogen-bond donors (Lipinski definition) is 0. The molecule has 0 unspecified atom stereocenters. The molecule has 2 aromatic rings. The number of hydrogen-bond acceptors (Lipinski definition) is 7. The smallest absolute Gasteiger partial charge is 0.277 e. The highest BCUT2D eigenvalue weighted by Gasteiger charge is 2.42. The average molecular weight is 408 g/mol. The molecule has 1 amide bonds. The van der Waals surface area contributed by atoms with Crippen LogP contribution >= 0.6 is 11.8 Å². The van der Waals surface area contributed by atoms with Crippen LogP contribution in [0.5, 0.6) is 0 Å². The maximum absolute atomic E-state index is 12.7. The van der Waals surface area contributed by atoms with Crippen LogP contribution in [-0.4, -0.2) is 58.8 Å². The second kappa shape index (κ2) is 7.27. The van der Waals surface area contributed by atoms with Crippen LogP contribution in [0.15, 0.2) is 33.9 Å². The summed E-state index contributed by atoms with van der Waals surface area (Å²) in [4.78, 5) is 14.5. The molecule has 0 N–H and O–H groups in total. The van der Waals surface area contributed by atoms with Crippen molar-refractivity contribution in [3.63, 3.8) is 0 Å². The lowest BCUT2D eigenvalue weighted by molar-refractivity contribution is -0.130. The van der Waals surface area contributed by atoms with Crippen molar-refractivity contribution in [1.82, 2.24) is 15.1 Å². The first-order valence-corrected chi connectivity index (χ1v) is 11.8.